The lowest BCUT2D eigenvalue weighted by molar-refractivity contribution is -0.140. The van der Waals surface area contributed by atoms with Crippen molar-refractivity contribution in [3.63, 3.8) is 0 Å². The topological polar surface area (TPSA) is 81.9 Å². The number of methoxy groups -OCH3 is 2. The van der Waals surface area contributed by atoms with Crippen LogP contribution in [0.4, 0.5) is 10.1 Å². The maximum absolute atomic E-state index is 13.9. The van der Waals surface area contributed by atoms with E-state index in [1.54, 1.807) is 0 Å². The predicted octanol–water partition coefficient (Wildman–Crippen LogP) is 0.612. The molecule has 6 nitrogen and oxygen atoms in total. The molecular weight excluding hydrogens is 299 g/mol. The minimum Gasteiger partial charge on any atom is -0.468 e. The number of hydrogen-bond acceptors (Lipinski definition) is 6. The molecule has 0 radical (unpaired) electrons. The van der Waals surface area contributed by atoms with Gasteiger partial charge < -0.3 is 20.1 Å². The van der Waals surface area contributed by atoms with E-state index in [1.165, 1.54) is 37.3 Å². The SMILES string of the molecule is COC(=O)CN(CC(=O)OC)c1cccc(F)c1C(N)=S. The van der Waals surface area contributed by atoms with Gasteiger partial charge in [0.15, 0.2) is 0 Å². The van der Waals surface area contributed by atoms with Gasteiger partial charge in [-0.2, -0.15) is 0 Å². The Labute approximate surface area is 126 Å². The van der Waals surface area contributed by atoms with E-state index < -0.39 is 17.8 Å². The lowest BCUT2D eigenvalue weighted by atomic mass is 10.1. The van der Waals surface area contributed by atoms with Gasteiger partial charge in [-0.25, -0.2) is 4.39 Å². The Balaban J connectivity index is 3.24. The zero-order chi connectivity index (χ0) is 16.0. The Morgan fingerprint density at radius 2 is 1.76 bits per heavy atom. The molecule has 8 heteroatoms. The van der Waals surface area contributed by atoms with Gasteiger partial charge in [0.2, 0.25) is 0 Å². The van der Waals surface area contributed by atoms with Crippen molar-refractivity contribution in [3.05, 3.63) is 29.6 Å². The quantitative estimate of drug-likeness (QED) is 0.608. The highest BCUT2D eigenvalue weighted by Crippen LogP contribution is 2.23. The highest BCUT2D eigenvalue weighted by atomic mass is 32.1. The number of carbonyl (C=O) groups excluding carboxylic acids is 2. The van der Waals surface area contributed by atoms with Gasteiger partial charge in [0.1, 0.15) is 23.9 Å². The van der Waals surface area contributed by atoms with Crippen molar-refractivity contribution in [2.45, 2.75) is 0 Å². The first kappa shape index (κ1) is 16.8. The summed E-state index contributed by atoms with van der Waals surface area (Å²) in [6.07, 6.45) is 0. The number of benzene rings is 1. The number of ether oxygens (including phenoxy) is 2. The molecule has 1 aromatic carbocycles. The molecule has 0 amide bonds. The van der Waals surface area contributed by atoms with Crippen LogP contribution in [0, 0.1) is 5.82 Å². The normalized spacial score (nSPS) is 9.86. The molecule has 21 heavy (non-hydrogen) atoms. The van der Waals surface area contributed by atoms with E-state index in [9.17, 15) is 14.0 Å². The van der Waals surface area contributed by atoms with Crippen LogP contribution in [0.3, 0.4) is 0 Å². The Bertz CT molecular complexity index is 547. The van der Waals surface area contributed by atoms with Crippen molar-refractivity contribution in [2.24, 2.45) is 5.73 Å². The van der Waals surface area contributed by atoms with Crippen LogP contribution in [0.2, 0.25) is 0 Å². The summed E-state index contributed by atoms with van der Waals surface area (Å²) in [7, 11) is 2.41. The molecule has 0 heterocycles. The van der Waals surface area contributed by atoms with E-state index in [4.69, 9.17) is 18.0 Å². The summed E-state index contributed by atoms with van der Waals surface area (Å²) in [6, 6.07) is 4.11. The summed E-state index contributed by atoms with van der Waals surface area (Å²) < 4.78 is 23.0. The summed E-state index contributed by atoms with van der Waals surface area (Å²) in [5, 5.41) is 0. The number of halogens is 1. The van der Waals surface area contributed by atoms with Crippen LogP contribution in [0.1, 0.15) is 5.56 Å². The van der Waals surface area contributed by atoms with Gasteiger partial charge in [0.05, 0.1) is 25.5 Å². The first-order chi connectivity index (χ1) is 9.90. The smallest absolute Gasteiger partial charge is 0.325 e. The molecule has 0 aliphatic rings. The lowest BCUT2D eigenvalue weighted by Crippen LogP contribution is -2.37. The standard InChI is InChI=1S/C13H15FN2O4S/c1-19-10(17)6-16(7-11(18)20-2)9-5-3-4-8(14)12(9)13(15)21/h3-5H,6-7H2,1-2H3,(H2,15,21). The minimum atomic E-state index is -0.639. The minimum absolute atomic E-state index is 0.0414. The van der Waals surface area contributed by atoms with Crippen LogP contribution in [0.15, 0.2) is 18.2 Å². The summed E-state index contributed by atoms with van der Waals surface area (Å²) >= 11 is 4.82. The van der Waals surface area contributed by atoms with Gasteiger partial charge in [-0.1, -0.05) is 18.3 Å². The molecule has 0 unspecified atom stereocenters. The van der Waals surface area contributed by atoms with Crippen molar-refractivity contribution >= 4 is 34.8 Å². The molecule has 0 aliphatic carbocycles. The Morgan fingerprint density at radius 3 is 2.19 bits per heavy atom. The number of nitrogens with two attached hydrogens (primary N) is 1. The number of carbonyl (C=O) groups is 2. The molecule has 2 N–H and O–H groups in total. The monoisotopic (exact) mass is 314 g/mol. The van der Waals surface area contributed by atoms with E-state index in [2.05, 4.69) is 9.47 Å². The molecule has 0 spiro atoms. The van der Waals surface area contributed by atoms with Gasteiger partial charge in [0.25, 0.3) is 0 Å². The van der Waals surface area contributed by atoms with Crippen molar-refractivity contribution in [1.29, 1.82) is 0 Å². The van der Waals surface area contributed by atoms with Gasteiger partial charge in [-0.15, -0.1) is 0 Å². The van der Waals surface area contributed by atoms with Gasteiger partial charge in [0, 0.05) is 0 Å². The molecule has 0 saturated heterocycles. The molecule has 1 rings (SSSR count). The molecule has 0 fully saturated rings. The fourth-order valence-electron chi connectivity index (χ4n) is 1.69. The Hall–Kier alpha value is -2.22. The first-order valence-electron chi connectivity index (χ1n) is 5.87. The highest BCUT2D eigenvalue weighted by Gasteiger charge is 2.21. The van der Waals surface area contributed by atoms with Crippen LogP contribution in [0.25, 0.3) is 0 Å². The summed E-state index contributed by atoms with van der Waals surface area (Å²) in [5.74, 6) is -1.84. The van der Waals surface area contributed by atoms with Gasteiger partial charge in [-0.05, 0) is 12.1 Å². The van der Waals surface area contributed by atoms with Crippen molar-refractivity contribution in [1.82, 2.24) is 0 Å². The zero-order valence-corrected chi connectivity index (χ0v) is 12.4. The summed E-state index contributed by atoms with van der Waals surface area (Å²) in [5.41, 5.74) is 5.69. The third kappa shape index (κ3) is 4.38. The number of anilines is 1. The second-order valence-electron chi connectivity index (χ2n) is 4.01. The number of hydrogen-bond donors (Lipinski definition) is 1. The van der Waals surface area contributed by atoms with E-state index in [1.807, 2.05) is 0 Å². The second-order valence-corrected chi connectivity index (χ2v) is 4.45. The number of rotatable bonds is 6. The van der Waals surface area contributed by atoms with Crippen molar-refractivity contribution in [3.8, 4) is 0 Å². The van der Waals surface area contributed by atoms with E-state index >= 15 is 0 Å². The van der Waals surface area contributed by atoms with Crippen LogP contribution < -0.4 is 10.6 Å². The summed E-state index contributed by atoms with van der Waals surface area (Å²) in [6.45, 7) is -0.546. The van der Waals surface area contributed by atoms with E-state index in [0.29, 0.717) is 0 Å². The average molecular weight is 314 g/mol. The molecule has 0 bridgehead atoms. The third-order valence-electron chi connectivity index (χ3n) is 2.67. The molecule has 0 aliphatic heterocycles. The average Bonchev–Trinajstić information content (AvgIpc) is 2.45. The second kappa shape index (κ2) is 7.53. The number of esters is 2. The highest BCUT2D eigenvalue weighted by molar-refractivity contribution is 7.80. The third-order valence-corrected chi connectivity index (χ3v) is 2.88. The molecule has 0 aromatic heterocycles. The molecule has 0 atom stereocenters. The number of nitrogens with zero attached hydrogens (tertiary/aromatic N) is 1. The molecule has 1 aromatic rings. The van der Waals surface area contributed by atoms with Gasteiger partial charge in [-0.3, -0.25) is 9.59 Å². The van der Waals surface area contributed by atoms with E-state index in [-0.39, 0.29) is 29.3 Å². The summed E-state index contributed by atoms with van der Waals surface area (Å²) in [4.78, 5) is 24.0. The van der Waals surface area contributed by atoms with Crippen LogP contribution in [-0.2, 0) is 19.1 Å². The number of thiocarbonyl (C=S) groups is 1. The molecule has 0 saturated carbocycles. The van der Waals surface area contributed by atoms with Gasteiger partial charge >= 0.3 is 11.9 Å². The first-order valence-corrected chi connectivity index (χ1v) is 6.28. The van der Waals surface area contributed by atoms with E-state index in [0.717, 1.165) is 0 Å². The Kier molecular flexibility index (Phi) is 6.04. The maximum Gasteiger partial charge on any atom is 0.325 e. The Morgan fingerprint density at radius 1 is 1.24 bits per heavy atom. The molecule has 114 valence electrons. The van der Waals surface area contributed by atoms with Crippen LogP contribution in [-0.4, -0.2) is 44.2 Å². The van der Waals surface area contributed by atoms with Crippen molar-refractivity contribution in [2.75, 3.05) is 32.2 Å². The fourth-order valence-corrected chi connectivity index (χ4v) is 1.89. The van der Waals surface area contributed by atoms with Crippen LogP contribution >= 0.6 is 12.2 Å². The maximum atomic E-state index is 13.9. The molecular formula is C13H15FN2O4S. The fraction of sp³-hybridized carbons (Fsp3) is 0.308. The largest absolute Gasteiger partial charge is 0.468 e. The zero-order valence-electron chi connectivity index (χ0n) is 11.6. The van der Waals surface area contributed by atoms with Crippen molar-refractivity contribution < 1.29 is 23.5 Å². The lowest BCUT2D eigenvalue weighted by Gasteiger charge is -2.24. The van der Waals surface area contributed by atoms with Crippen LogP contribution in [0.5, 0.6) is 0 Å². The predicted molar refractivity (Wildman–Crippen MR) is 78.5 cm³/mol.